The summed E-state index contributed by atoms with van der Waals surface area (Å²) in [5.41, 5.74) is 8.00. The quantitative estimate of drug-likeness (QED) is 0.730. The van der Waals surface area contributed by atoms with Gasteiger partial charge in [-0.25, -0.2) is 0 Å². The van der Waals surface area contributed by atoms with E-state index < -0.39 is 0 Å². The van der Waals surface area contributed by atoms with Gasteiger partial charge in [0.1, 0.15) is 0 Å². The number of hydrogen-bond donors (Lipinski definition) is 1. The largest absolute Gasteiger partial charge is 0.328 e. The Bertz CT molecular complexity index is 231. The molecule has 12 heavy (non-hydrogen) atoms. The maximum atomic E-state index is 5.65. The van der Waals surface area contributed by atoms with Crippen LogP contribution in [0.4, 0.5) is 0 Å². The van der Waals surface area contributed by atoms with Crippen molar-refractivity contribution in [1.29, 1.82) is 0 Å². The summed E-state index contributed by atoms with van der Waals surface area (Å²) in [5, 5.41) is 4.34. The van der Waals surface area contributed by atoms with Crippen molar-refractivity contribution in [2.24, 2.45) is 12.8 Å². The fourth-order valence-corrected chi connectivity index (χ4v) is 1.13. The molecular weight excluding hydrogens is 150 g/mol. The van der Waals surface area contributed by atoms with E-state index in [2.05, 4.69) is 18.1 Å². The third-order valence-corrected chi connectivity index (χ3v) is 2.02. The van der Waals surface area contributed by atoms with Crippen molar-refractivity contribution in [3.63, 3.8) is 0 Å². The third kappa shape index (κ3) is 2.34. The Hall–Kier alpha value is -0.830. The van der Waals surface area contributed by atoms with E-state index in [1.54, 1.807) is 0 Å². The number of aromatic nitrogens is 2. The van der Waals surface area contributed by atoms with Gasteiger partial charge in [-0.2, -0.15) is 5.10 Å². The van der Waals surface area contributed by atoms with Crippen molar-refractivity contribution in [3.8, 4) is 0 Å². The Balaban J connectivity index is 2.53. The minimum Gasteiger partial charge on any atom is -0.328 e. The van der Waals surface area contributed by atoms with Crippen molar-refractivity contribution < 1.29 is 0 Å². The van der Waals surface area contributed by atoms with E-state index in [-0.39, 0.29) is 6.04 Å². The molecule has 1 aromatic rings. The van der Waals surface area contributed by atoms with Gasteiger partial charge in [-0.3, -0.25) is 4.68 Å². The second-order valence-corrected chi connectivity index (χ2v) is 3.42. The van der Waals surface area contributed by atoms with E-state index in [4.69, 9.17) is 5.73 Å². The van der Waals surface area contributed by atoms with Gasteiger partial charge in [0, 0.05) is 18.8 Å². The fourth-order valence-electron chi connectivity index (χ4n) is 1.13. The van der Waals surface area contributed by atoms with E-state index in [9.17, 15) is 0 Å². The predicted molar refractivity (Wildman–Crippen MR) is 49.9 cm³/mol. The van der Waals surface area contributed by atoms with Gasteiger partial charge in [0.25, 0.3) is 0 Å². The van der Waals surface area contributed by atoms with Crippen molar-refractivity contribution in [2.45, 2.75) is 32.7 Å². The Morgan fingerprint density at radius 3 is 2.75 bits per heavy atom. The van der Waals surface area contributed by atoms with Crippen molar-refractivity contribution in [1.82, 2.24) is 9.78 Å². The molecule has 0 bridgehead atoms. The molecule has 0 aliphatic heterocycles. The second kappa shape index (κ2) is 3.72. The van der Waals surface area contributed by atoms with Crippen LogP contribution < -0.4 is 5.73 Å². The highest BCUT2D eigenvalue weighted by Crippen LogP contribution is 2.04. The lowest BCUT2D eigenvalue weighted by atomic mass is 10.1. The molecule has 0 radical (unpaired) electrons. The first-order valence-corrected chi connectivity index (χ1v) is 4.34. The van der Waals surface area contributed by atoms with Gasteiger partial charge in [0.2, 0.25) is 0 Å². The maximum Gasteiger partial charge on any atom is 0.0627 e. The molecule has 0 fully saturated rings. The Labute approximate surface area is 73.6 Å². The highest BCUT2D eigenvalue weighted by Gasteiger charge is 2.01. The summed E-state index contributed by atoms with van der Waals surface area (Å²) >= 11 is 0. The third-order valence-electron chi connectivity index (χ3n) is 2.02. The van der Waals surface area contributed by atoms with Gasteiger partial charge in [0.15, 0.2) is 0 Å². The molecule has 0 saturated carbocycles. The lowest BCUT2D eigenvalue weighted by Gasteiger charge is -2.00. The first-order chi connectivity index (χ1) is 5.59. The molecule has 3 heteroatoms. The van der Waals surface area contributed by atoms with E-state index in [1.807, 2.05) is 18.7 Å². The molecule has 1 heterocycles. The second-order valence-electron chi connectivity index (χ2n) is 3.42. The minimum atomic E-state index is 0.271. The van der Waals surface area contributed by atoms with Crippen LogP contribution in [0.2, 0.25) is 0 Å². The van der Waals surface area contributed by atoms with Gasteiger partial charge in [-0.05, 0) is 32.8 Å². The molecule has 1 unspecified atom stereocenters. The van der Waals surface area contributed by atoms with Gasteiger partial charge in [0.05, 0.1) is 5.69 Å². The summed E-state index contributed by atoms with van der Waals surface area (Å²) < 4.78 is 1.90. The smallest absolute Gasteiger partial charge is 0.0627 e. The summed E-state index contributed by atoms with van der Waals surface area (Å²) in [5.74, 6) is 0. The van der Waals surface area contributed by atoms with E-state index >= 15 is 0 Å². The highest BCUT2D eigenvalue weighted by atomic mass is 15.3. The minimum absolute atomic E-state index is 0.271. The summed E-state index contributed by atoms with van der Waals surface area (Å²) in [6, 6.07) is 2.38. The van der Waals surface area contributed by atoms with Crippen LogP contribution in [0, 0.1) is 6.92 Å². The summed E-state index contributed by atoms with van der Waals surface area (Å²) in [7, 11) is 1.96. The van der Waals surface area contributed by atoms with Crippen LogP contribution in [0.15, 0.2) is 6.07 Å². The molecular formula is C9H17N3. The lowest BCUT2D eigenvalue weighted by Crippen LogP contribution is -2.15. The zero-order valence-electron chi connectivity index (χ0n) is 8.04. The lowest BCUT2D eigenvalue weighted by molar-refractivity contribution is 0.643. The molecule has 0 amide bonds. The monoisotopic (exact) mass is 167 g/mol. The van der Waals surface area contributed by atoms with Crippen LogP contribution >= 0.6 is 0 Å². The fraction of sp³-hybridized carbons (Fsp3) is 0.667. The first-order valence-electron chi connectivity index (χ1n) is 4.34. The van der Waals surface area contributed by atoms with Crippen LogP contribution in [-0.2, 0) is 13.5 Å². The predicted octanol–water partition coefficient (Wildman–Crippen LogP) is 1.01. The number of rotatable bonds is 3. The topological polar surface area (TPSA) is 43.8 Å². The van der Waals surface area contributed by atoms with E-state index in [0.717, 1.165) is 18.5 Å². The summed E-state index contributed by atoms with van der Waals surface area (Å²) in [6.07, 6.45) is 2.00. The molecule has 68 valence electrons. The summed E-state index contributed by atoms with van der Waals surface area (Å²) in [4.78, 5) is 0. The molecule has 0 spiro atoms. The van der Waals surface area contributed by atoms with Crippen LogP contribution in [-0.4, -0.2) is 15.8 Å². The molecule has 3 nitrogen and oxygen atoms in total. The molecule has 0 saturated heterocycles. The van der Waals surface area contributed by atoms with Crippen LogP contribution in [0.5, 0.6) is 0 Å². The average molecular weight is 167 g/mol. The number of aryl methyl sites for hydroxylation is 3. The molecule has 1 aromatic heterocycles. The Morgan fingerprint density at radius 2 is 2.33 bits per heavy atom. The SMILES string of the molecule is Cc1cc(CCC(C)N)nn1C. The van der Waals surface area contributed by atoms with Crippen LogP contribution in [0.25, 0.3) is 0 Å². The van der Waals surface area contributed by atoms with Crippen molar-refractivity contribution in [3.05, 3.63) is 17.5 Å². The van der Waals surface area contributed by atoms with Gasteiger partial charge >= 0.3 is 0 Å². The molecule has 1 atom stereocenters. The van der Waals surface area contributed by atoms with Crippen molar-refractivity contribution in [2.75, 3.05) is 0 Å². The zero-order chi connectivity index (χ0) is 9.14. The van der Waals surface area contributed by atoms with Crippen LogP contribution in [0.1, 0.15) is 24.7 Å². The Morgan fingerprint density at radius 1 is 1.67 bits per heavy atom. The van der Waals surface area contributed by atoms with Gasteiger partial charge in [-0.1, -0.05) is 0 Å². The molecule has 1 rings (SSSR count). The molecule has 0 aliphatic rings. The van der Waals surface area contributed by atoms with E-state index in [1.165, 1.54) is 5.69 Å². The highest BCUT2D eigenvalue weighted by molar-refractivity contribution is 5.08. The number of hydrogen-bond acceptors (Lipinski definition) is 2. The van der Waals surface area contributed by atoms with Gasteiger partial charge in [-0.15, -0.1) is 0 Å². The number of nitrogens with two attached hydrogens (primary N) is 1. The van der Waals surface area contributed by atoms with Gasteiger partial charge < -0.3 is 5.73 Å². The molecule has 0 aliphatic carbocycles. The average Bonchev–Trinajstić information content (AvgIpc) is 2.28. The van der Waals surface area contributed by atoms with Crippen molar-refractivity contribution >= 4 is 0 Å². The maximum absolute atomic E-state index is 5.65. The standard InChI is InChI=1S/C9H17N3/c1-7(10)4-5-9-6-8(2)12(3)11-9/h6-7H,4-5,10H2,1-3H3. The number of nitrogens with zero attached hydrogens (tertiary/aromatic N) is 2. The molecule has 2 N–H and O–H groups in total. The van der Waals surface area contributed by atoms with E-state index in [0.29, 0.717) is 0 Å². The van der Waals surface area contributed by atoms with Crippen LogP contribution in [0.3, 0.4) is 0 Å². The summed E-state index contributed by atoms with van der Waals surface area (Å²) in [6.45, 7) is 4.08. The molecule has 0 aromatic carbocycles. The first kappa shape index (κ1) is 9.26. The zero-order valence-corrected chi connectivity index (χ0v) is 8.04. The normalized spacial score (nSPS) is 13.3. The Kier molecular flexibility index (Phi) is 2.87.